The van der Waals surface area contributed by atoms with Gasteiger partial charge in [-0.2, -0.15) is 18.3 Å². The van der Waals surface area contributed by atoms with Gasteiger partial charge in [-0.1, -0.05) is 6.07 Å². The standard InChI is InChI=1S/C18H17F3N6O/c1-11-7-12(3-4-14(11)16(28)23-10-18(19,20)21)15-5-6-22-17(26-15)25-13-8-24-27(2)9-13/h3-9H,10H2,1-2H3,(H,23,28)(H,22,25,26). The second-order valence-electron chi connectivity index (χ2n) is 6.12. The minimum Gasteiger partial charge on any atom is -0.343 e. The van der Waals surface area contributed by atoms with E-state index in [1.807, 2.05) is 5.32 Å². The van der Waals surface area contributed by atoms with E-state index in [0.717, 1.165) is 5.69 Å². The summed E-state index contributed by atoms with van der Waals surface area (Å²) < 4.78 is 38.5. The van der Waals surface area contributed by atoms with Crippen LogP contribution in [-0.2, 0) is 7.05 Å². The van der Waals surface area contributed by atoms with Crippen molar-refractivity contribution in [3.05, 3.63) is 54.0 Å². The van der Waals surface area contributed by atoms with Gasteiger partial charge in [0.25, 0.3) is 5.91 Å². The lowest BCUT2D eigenvalue weighted by Crippen LogP contribution is -2.34. The van der Waals surface area contributed by atoms with Crippen LogP contribution in [-0.4, -0.2) is 38.4 Å². The number of hydrogen-bond donors (Lipinski definition) is 2. The number of aromatic nitrogens is 4. The van der Waals surface area contributed by atoms with E-state index < -0.39 is 18.6 Å². The van der Waals surface area contributed by atoms with Crippen molar-refractivity contribution in [1.29, 1.82) is 0 Å². The van der Waals surface area contributed by atoms with E-state index in [2.05, 4.69) is 20.4 Å². The Labute approximate surface area is 158 Å². The highest BCUT2D eigenvalue weighted by Crippen LogP contribution is 2.22. The monoisotopic (exact) mass is 390 g/mol. The fraction of sp³-hybridized carbons (Fsp3) is 0.222. The van der Waals surface area contributed by atoms with Crippen molar-refractivity contribution in [3.8, 4) is 11.3 Å². The lowest BCUT2D eigenvalue weighted by molar-refractivity contribution is -0.123. The number of carbonyl (C=O) groups is 1. The summed E-state index contributed by atoms with van der Waals surface area (Å²) in [6.45, 7) is 0.282. The molecule has 0 atom stereocenters. The Kier molecular flexibility index (Phi) is 5.30. The van der Waals surface area contributed by atoms with E-state index in [1.54, 1.807) is 55.4 Å². The van der Waals surface area contributed by atoms with Crippen LogP contribution in [0.15, 0.2) is 42.9 Å². The first-order valence-electron chi connectivity index (χ1n) is 8.26. The number of aryl methyl sites for hydroxylation is 2. The van der Waals surface area contributed by atoms with Gasteiger partial charge in [-0.15, -0.1) is 0 Å². The summed E-state index contributed by atoms with van der Waals surface area (Å²) in [7, 11) is 1.79. The highest BCUT2D eigenvalue weighted by molar-refractivity contribution is 5.96. The van der Waals surface area contributed by atoms with Gasteiger partial charge in [-0.25, -0.2) is 9.97 Å². The van der Waals surface area contributed by atoms with E-state index in [9.17, 15) is 18.0 Å². The molecule has 0 aliphatic rings. The number of benzene rings is 1. The van der Waals surface area contributed by atoms with Gasteiger partial charge in [-0.3, -0.25) is 9.48 Å². The largest absolute Gasteiger partial charge is 0.405 e. The molecule has 3 aromatic rings. The van der Waals surface area contributed by atoms with Crippen LogP contribution in [0.2, 0.25) is 0 Å². The van der Waals surface area contributed by atoms with Crippen molar-refractivity contribution in [2.75, 3.05) is 11.9 Å². The van der Waals surface area contributed by atoms with Gasteiger partial charge in [-0.05, 0) is 30.7 Å². The van der Waals surface area contributed by atoms with Crippen LogP contribution in [0.4, 0.5) is 24.8 Å². The number of nitrogens with zero attached hydrogens (tertiary/aromatic N) is 4. The Morgan fingerprint density at radius 3 is 2.68 bits per heavy atom. The van der Waals surface area contributed by atoms with Gasteiger partial charge in [0.1, 0.15) is 6.54 Å². The molecule has 0 saturated heterocycles. The quantitative estimate of drug-likeness (QED) is 0.699. The summed E-state index contributed by atoms with van der Waals surface area (Å²) in [6, 6.07) is 6.50. The van der Waals surface area contributed by atoms with E-state index in [1.165, 1.54) is 6.07 Å². The second kappa shape index (κ2) is 7.67. The summed E-state index contributed by atoms with van der Waals surface area (Å²) in [5, 5.41) is 8.96. The first-order chi connectivity index (χ1) is 13.2. The van der Waals surface area contributed by atoms with E-state index in [0.29, 0.717) is 22.8 Å². The number of carbonyl (C=O) groups excluding carboxylic acids is 1. The minimum atomic E-state index is -4.46. The molecule has 2 aromatic heterocycles. The van der Waals surface area contributed by atoms with Crippen LogP contribution in [0.3, 0.4) is 0 Å². The number of nitrogens with one attached hydrogen (secondary N) is 2. The lowest BCUT2D eigenvalue weighted by atomic mass is 10.0. The topological polar surface area (TPSA) is 84.7 Å². The smallest absolute Gasteiger partial charge is 0.343 e. The molecule has 0 fully saturated rings. The molecule has 0 unspecified atom stereocenters. The molecular weight excluding hydrogens is 373 g/mol. The third-order valence-corrected chi connectivity index (χ3v) is 3.83. The Balaban J connectivity index is 1.78. The molecule has 0 aliphatic carbocycles. The van der Waals surface area contributed by atoms with Crippen LogP contribution >= 0.6 is 0 Å². The molecule has 0 saturated carbocycles. The summed E-state index contributed by atoms with van der Waals surface area (Å²) >= 11 is 0. The summed E-state index contributed by atoms with van der Waals surface area (Å²) in [5.41, 5.74) is 2.76. The summed E-state index contributed by atoms with van der Waals surface area (Å²) in [4.78, 5) is 20.5. The minimum absolute atomic E-state index is 0.177. The molecule has 0 radical (unpaired) electrons. The molecule has 7 nitrogen and oxygen atoms in total. The Hall–Kier alpha value is -3.43. The van der Waals surface area contributed by atoms with Crippen LogP contribution in [0, 0.1) is 6.92 Å². The number of hydrogen-bond acceptors (Lipinski definition) is 5. The van der Waals surface area contributed by atoms with Crippen LogP contribution in [0.25, 0.3) is 11.3 Å². The van der Waals surface area contributed by atoms with Crippen molar-refractivity contribution < 1.29 is 18.0 Å². The molecule has 1 amide bonds. The van der Waals surface area contributed by atoms with Gasteiger partial charge in [0.2, 0.25) is 5.95 Å². The Morgan fingerprint density at radius 2 is 2.04 bits per heavy atom. The predicted octanol–water partition coefficient (Wildman–Crippen LogP) is 3.22. The summed E-state index contributed by atoms with van der Waals surface area (Å²) in [5.74, 6) is -0.404. The van der Waals surface area contributed by atoms with Crippen LogP contribution in [0.1, 0.15) is 15.9 Å². The number of halogens is 3. The van der Waals surface area contributed by atoms with E-state index >= 15 is 0 Å². The Bertz CT molecular complexity index is 999. The molecule has 1 aromatic carbocycles. The predicted molar refractivity (Wildman–Crippen MR) is 97.1 cm³/mol. The second-order valence-corrected chi connectivity index (χ2v) is 6.12. The molecular formula is C18H17F3N6O. The zero-order valence-electron chi connectivity index (χ0n) is 15.1. The highest BCUT2D eigenvalue weighted by Gasteiger charge is 2.28. The van der Waals surface area contributed by atoms with Gasteiger partial charge in [0.15, 0.2) is 0 Å². The maximum Gasteiger partial charge on any atom is 0.405 e. The normalized spacial score (nSPS) is 11.3. The van der Waals surface area contributed by atoms with E-state index in [-0.39, 0.29) is 5.56 Å². The molecule has 10 heteroatoms. The number of rotatable bonds is 5. The number of amides is 1. The first-order valence-corrected chi connectivity index (χ1v) is 8.26. The van der Waals surface area contributed by atoms with Crippen LogP contribution < -0.4 is 10.6 Å². The maximum atomic E-state index is 12.3. The molecule has 2 N–H and O–H groups in total. The molecule has 146 valence electrons. The highest BCUT2D eigenvalue weighted by atomic mass is 19.4. The average Bonchev–Trinajstić information content (AvgIpc) is 3.04. The lowest BCUT2D eigenvalue weighted by Gasteiger charge is -2.11. The maximum absolute atomic E-state index is 12.3. The van der Waals surface area contributed by atoms with Crippen molar-refractivity contribution in [3.63, 3.8) is 0 Å². The molecule has 2 heterocycles. The molecule has 0 aliphatic heterocycles. The fourth-order valence-corrected chi connectivity index (χ4v) is 2.55. The van der Waals surface area contributed by atoms with Gasteiger partial charge in [0.05, 0.1) is 17.6 Å². The van der Waals surface area contributed by atoms with Crippen molar-refractivity contribution >= 4 is 17.5 Å². The average molecular weight is 390 g/mol. The number of alkyl halides is 3. The van der Waals surface area contributed by atoms with Crippen LogP contribution in [0.5, 0.6) is 0 Å². The van der Waals surface area contributed by atoms with Gasteiger partial charge in [0, 0.05) is 30.6 Å². The van der Waals surface area contributed by atoms with Crippen molar-refractivity contribution in [2.24, 2.45) is 7.05 Å². The third-order valence-electron chi connectivity index (χ3n) is 3.83. The van der Waals surface area contributed by atoms with Crippen molar-refractivity contribution in [1.82, 2.24) is 25.1 Å². The SMILES string of the molecule is Cc1cc(-c2ccnc(Nc3cnn(C)c3)n2)ccc1C(=O)NCC(F)(F)F. The Morgan fingerprint density at radius 1 is 1.25 bits per heavy atom. The van der Waals surface area contributed by atoms with Crippen molar-refractivity contribution in [2.45, 2.75) is 13.1 Å². The third kappa shape index (κ3) is 4.84. The fourth-order valence-electron chi connectivity index (χ4n) is 2.55. The molecule has 0 spiro atoms. The van der Waals surface area contributed by atoms with Gasteiger partial charge < -0.3 is 10.6 Å². The van der Waals surface area contributed by atoms with E-state index in [4.69, 9.17) is 0 Å². The molecule has 3 rings (SSSR count). The first kappa shape index (κ1) is 19.3. The molecule has 28 heavy (non-hydrogen) atoms. The molecule has 0 bridgehead atoms. The zero-order chi connectivity index (χ0) is 20.3. The number of anilines is 2. The zero-order valence-corrected chi connectivity index (χ0v) is 15.1. The van der Waals surface area contributed by atoms with Gasteiger partial charge >= 0.3 is 6.18 Å². The summed E-state index contributed by atoms with van der Waals surface area (Å²) in [6.07, 6.45) is 0.533.